The van der Waals surface area contributed by atoms with Crippen LogP contribution in [0.1, 0.15) is 24.5 Å². The number of anilines is 1. The third kappa shape index (κ3) is 8.86. The number of amides is 2. The number of nitrogens with zero attached hydrogens (tertiary/aromatic N) is 2. The molecule has 0 spiro atoms. The van der Waals surface area contributed by atoms with Gasteiger partial charge in [-0.3, -0.25) is 13.9 Å². The van der Waals surface area contributed by atoms with Crippen molar-refractivity contribution in [2.24, 2.45) is 0 Å². The minimum absolute atomic E-state index is 0.0661. The summed E-state index contributed by atoms with van der Waals surface area (Å²) in [5.74, 6) is -0.149. The molecule has 0 unspecified atom stereocenters. The van der Waals surface area contributed by atoms with Crippen molar-refractivity contribution in [1.29, 1.82) is 0 Å². The van der Waals surface area contributed by atoms with Gasteiger partial charge in [0.25, 0.3) is 0 Å². The van der Waals surface area contributed by atoms with Crippen LogP contribution in [0.2, 0.25) is 5.02 Å². The van der Waals surface area contributed by atoms with Crippen LogP contribution in [0.3, 0.4) is 0 Å². The highest BCUT2D eigenvalue weighted by molar-refractivity contribution is 7.92. The predicted molar refractivity (Wildman–Crippen MR) is 161 cm³/mol. The van der Waals surface area contributed by atoms with E-state index in [1.54, 1.807) is 30.3 Å². The lowest BCUT2D eigenvalue weighted by atomic mass is 10.0. The van der Waals surface area contributed by atoms with Crippen LogP contribution in [0.15, 0.2) is 72.8 Å². The van der Waals surface area contributed by atoms with E-state index in [4.69, 9.17) is 21.1 Å². The highest BCUT2D eigenvalue weighted by atomic mass is 35.5. The molecule has 3 aromatic rings. The first kappa shape index (κ1) is 31.8. The fourth-order valence-electron chi connectivity index (χ4n) is 4.30. The van der Waals surface area contributed by atoms with Crippen molar-refractivity contribution in [3.63, 3.8) is 0 Å². The first-order chi connectivity index (χ1) is 19.6. The first-order valence-electron chi connectivity index (χ1n) is 13.1. The van der Waals surface area contributed by atoms with E-state index in [0.717, 1.165) is 28.1 Å². The van der Waals surface area contributed by atoms with Crippen LogP contribution in [0.25, 0.3) is 0 Å². The zero-order chi connectivity index (χ0) is 30.0. The molecule has 0 bridgehead atoms. The summed E-state index contributed by atoms with van der Waals surface area (Å²) in [5, 5.41) is 3.44. The lowest BCUT2D eigenvalue weighted by Crippen LogP contribution is -2.53. The van der Waals surface area contributed by atoms with Gasteiger partial charge in [0, 0.05) is 30.6 Å². The van der Waals surface area contributed by atoms with E-state index in [2.05, 4.69) is 5.32 Å². The van der Waals surface area contributed by atoms with E-state index in [1.807, 2.05) is 37.3 Å². The molecule has 0 aliphatic carbocycles. The maximum Gasteiger partial charge on any atom is 0.244 e. The summed E-state index contributed by atoms with van der Waals surface area (Å²) in [6.07, 6.45) is 1.98. The van der Waals surface area contributed by atoms with E-state index in [-0.39, 0.29) is 24.6 Å². The van der Waals surface area contributed by atoms with Crippen molar-refractivity contribution in [2.45, 2.75) is 32.4 Å². The monoisotopic (exact) mass is 601 g/mol. The second-order valence-corrected chi connectivity index (χ2v) is 11.8. The van der Waals surface area contributed by atoms with E-state index in [9.17, 15) is 18.0 Å². The molecule has 9 nitrogen and oxygen atoms in total. The van der Waals surface area contributed by atoms with Crippen LogP contribution >= 0.6 is 11.6 Å². The summed E-state index contributed by atoms with van der Waals surface area (Å²) >= 11 is 6.08. The number of benzene rings is 3. The number of methoxy groups -OCH3 is 2. The summed E-state index contributed by atoms with van der Waals surface area (Å²) in [6, 6.07) is 20.0. The van der Waals surface area contributed by atoms with Crippen molar-refractivity contribution >= 4 is 39.1 Å². The Morgan fingerprint density at radius 1 is 0.927 bits per heavy atom. The quantitative estimate of drug-likeness (QED) is 0.296. The average molecular weight is 602 g/mol. The molecule has 11 heteroatoms. The van der Waals surface area contributed by atoms with Crippen LogP contribution in [-0.2, 0) is 32.6 Å². The highest BCUT2D eigenvalue weighted by Crippen LogP contribution is 2.32. The third-order valence-corrected chi connectivity index (χ3v) is 7.81. The van der Waals surface area contributed by atoms with Crippen LogP contribution in [-0.4, -0.2) is 64.7 Å². The van der Waals surface area contributed by atoms with Crippen molar-refractivity contribution < 1.29 is 27.5 Å². The second-order valence-electron chi connectivity index (χ2n) is 9.45. The number of rotatable bonds is 14. The van der Waals surface area contributed by atoms with Crippen molar-refractivity contribution in [3.05, 3.63) is 88.9 Å². The number of ether oxygens (including phenoxy) is 2. The number of sulfonamides is 1. The molecule has 2 amide bonds. The lowest BCUT2D eigenvalue weighted by molar-refractivity contribution is -0.140. The number of hydrogen-bond acceptors (Lipinski definition) is 6. The molecule has 0 heterocycles. The lowest BCUT2D eigenvalue weighted by Gasteiger charge is -2.33. The molecule has 0 fully saturated rings. The number of halogens is 1. The van der Waals surface area contributed by atoms with Gasteiger partial charge in [-0.05, 0) is 41.8 Å². The van der Waals surface area contributed by atoms with Crippen LogP contribution in [0.5, 0.6) is 11.5 Å². The summed E-state index contributed by atoms with van der Waals surface area (Å²) in [6.45, 7) is 1.91. The van der Waals surface area contributed by atoms with Crippen molar-refractivity contribution in [2.75, 3.05) is 37.9 Å². The normalized spacial score (nSPS) is 11.8. The van der Waals surface area contributed by atoms with Gasteiger partial charge in [-0.15, -0.1) is 0 Å². The molecule has 0 aliphatic heterocycles. The predicted octanol–water partition coefficient (Wildman–Crippen LogP) is 4.29. The minimum atomic E-state index is -3.92. The van der Waals surface area contributed by atoms with Gasteiger partial charge < -0.3 is 19.7 Å². The Morgan fingerprint density at radius 2 is 1.59 bits per heavy atom. The third-order valence-electron chi connectivity index (χ3n) is 6.42. The molecule has 3 aromatic carbocycles. The van der Waals surface area contributed by atoms with Crippen molar-refractivity contribution in [1.82, 2.24) is 10.2 Å². The fourth-order valence-corrected chi connectivity index (χ4v) is 5.27. The largest absolute Gasteiger partial charge is 0.493 e. The van der Waals surface area contributed by atoms with Crippen molar-refractivity contribution in [3.8, 4) is 11.5 Å². The SMILES string of the molecule is CCCNC(=O)[C@H](Cc1ccccc1)N(Cc1ccc(Cl)cc1)C(=O)CN(c1ccc(OC)c(OC)c1)S(C)(=O)=O. The standard InChI is InChI=1S/C30H36ClN3O6S/c1-5-17-32-30(36)26(18-22-9-7-6-8-10-22)33(20-23-11-13-24(31)14-12-23)29(35)21-34(41(4,37)38)25-15-16-27(39-2)28(19-25)40-3/h6-16,19,26H,5,17-18,20-21H2,1-4H3,(H,32,36)/t26-/m0/s1. The molecular formula is C30H36ClN3O6S. The molecule has 1 N–H and O–H groups in total. The van der Waals surface area contributed by atoms with E-state index >= 15 is 0 Å². The second kappa shape index (κ2) is 14.7. The topological polar surface area (TPSA) is 105 Å². The van der Waals surface area contributed by atoms with E-state index < -0.39 is 28.5 Å². The minimum Gasteiger partial charge on any atom is -0.493 e. The molecular weight excluding hydrogens is 566 g/mol. The van der Waals surface area contributed by atoms with Gasteiger partial charge >= 0.3 is 0 Å². The number of carbonyl (C=O) groups is 2. The maximum atomic E-state index is 14.1. The van der Waals surface area contributed by atoms with E-state index in [1.165, 1.54) is 31.3 Å². The summed E-state index contributed by atoms with van der Waals surface area (Å²) in [7, 11) is -1.01. The molecule has 41 heavy (non-hydrogen) atoms. The summed E-state index contributed by atoms with van der Waals surface area (Å²) in [5.41, 5.74) is 1.82. The molecule has 0 aliphatic rings. The Bertz CT molecular complexity index is 1420. The Hall–Kier alpha value is -3.76. The van der Waals surface area contributed by atoms with Gasteiger partial charge in [0.05, 0.1) is 26.2 Å². The van der Waals surface area contributed by atoms with Gasteiger partial charge in [0.15, 0.2) is 11.5 Å². The smallest absolute Gasteiger partial charge is 0.244 e. The zero-order valence-electron chi connectivity index (χ0n) is 23.7. The van der Waals surface area contributed by atoms with Gasteiger partial charge in [0.2, 0.25) is 21.8 Å². The Morgan fingerprint density at radius 3 is 2.17 bits per heavy atom. The number of carbonyl (C=O) groups excluding carboxylic acids is 2. The first-order valence-corrected chi connectivity index (χ1v) is 15.3. The molecule has 0 radical (unpaired) electrons. The fraction of sp³-hybridized carbons (Fsp3) is 0.333. The van der Waals surface area contributed by atoms with Gasteiger partial charge in [-0.25, -0.2) is 8.42 Å². The molecule has 220 valence electrons. The molecule has 1 atom stereocenters. The number of nitrogens with one attached hydrogen (secondary N) is 1. The van der Waals surface area contributed by atoms with Crippen LogP contribution in [0, 0.1) is 0 Å². The number of hydrogen-bond donors (Lipinski definition) is 1. The zero-order valence-corrected chi connectivity index (χ0v) is 25.2. The van der Waals surface area contributed by atoms with E-state index in [0.29, 0.717) is 23.1 Å². The molecule has 0 aromatic heterocycles. The van der Waals surface area contributed by atoms with Gasteiger partial charge in [0.1, 0.15) is 12.6 Å². The Labute approximate surface area is 247 Å². The highest BCUT2D eigenvalue weighted by Gasteiger charge is 2.33. The van der Waals surface area contributed by atoms with Crippen LogP contribution in [0.4, 0.5) is 5.69 Å². The molecule has 3 rings (SSSR count). The Balaban J connectivity index is 2.05. The molecule has 0 saturated heterocycles. The Kier molecular flexibility index (Phi) is 11.4. The van der Waals surface area contributed by atoms with Crippen LogP contribution < -0.4 is 19.1 Å². The molecule has 0 saturated carbocycles. The average Bonchev–Trinajstić information content (AvgIpc) is 2.96. The summed E-state index contributed by atoms with van der Waals surface area (Å²) in [4.78, 5) is 29.0. The van der Waals surface area contributed by atoms with Gasteiger partial charge in [-0.1, -0.05) is 61.0 Å². The summed E-state index contributed by atoms with van der Waals surface area (Å²) < 4.78 is 37.6. The maximum absolute atomic E-state index is 14.1. The van der Waals surface area contributed by atoms with Gasteiger partial charge in [-0.2, -0.15) is 0 Å².